The van der Waals surface area contributed by atoms with Crippen molar-refractivity contribution in [3.63, 3.8) is 0 Å². The maximum Gasteiger partial charge on any atom is 0.140 e. The number of benzene rings is 1. The second-order valence-electron chi connectivity index (χ2n) is 3.14. The normalized spacial score (nSPS) is 10.4. The summed E-state index contributed by atoms with van der Waals surface area (Å²) in [6, 6.07) is 5.51. The molecule has 0 spiro atoms. The van der Waals surface area contributed by atoms with Crippen LogP contribution in [0.1, 0.15) is 10.6 Å². The Morgan fingerprint density at radius 1 is 1.44 bits per heavy atom. The third-order valence-electron chi connectivity index (χ3n) is 2.11. The molecule has 0 aliphatic rings. The van der Waals surface area contributed by atoms with Gasteiger partial charge in [0.2, 0.25) is 0 Å². The van der Waals surface area contributed by atoms with Gasteiger partial charge in [0.25, 0.3) is 0 Å². The quantitative estimate of drug-likeness (QED) is 0.913. The number of rotatable bonds is 4. The van der Waals surface area contributed by atoms with E-state index in [0.29, 0.717) is 18.2 Å². The summed E-state index contributed by atoms with van der Waals surface area (Å²) in [5.41, 5.74) is 6.46. The van der Waals surface area contributed by atoms with Crippen molar-refractivity contribution < 1.29 is 4.74 Å². The van der Waals surface area contributed by atoms with Gasteiger partial charge in [-0.05, 0) is 12.1 Å². The van der Waals surface area contributed by atoms with Crippen molar-refractivity contribution in [2.24, 2.45) is 5.73 Å². The van der Waals surface area contributed by atoms with Crippen molar-refractivity contribution in [1.29, 1.82) is 0 Å². The van der Waals surface area contributed by atoms with Crippen LogP contribution in [0.2, 0.25) is 5.02 Å². The fraction of sp³-hybridized carbons (Fsp3) is 0.182. The van der Waals surface area contributed by atoms with Gasteiger partial charge in [0.1, 0.15) is 17.4 Å². The van der Waals surface area contributed by atoms with Crippen molar-refractivity contribution >= 4 is 22.9 Å². The Morgan fingerprint density at radius 2 is 2.31 bits per heavy atom. The number of aromatic nitrogens is 1. The molecule has 84 valence electrons. The van der Waals surface area contributed by atoms with Crippen LogP contribution in [-0.2, 0) is 13.2 Å². The molecule has 16 heavy (non-hydrogen) atoms. The number of hydrogen-bond acceptors (Lipinski definition) is 4. The van der Waals surface area contributed by atoms with Gasteiger partial charge in [-0.1, -0.05) is 17.7 Å². The van der Waals surface area contributed by atoms with Crippen molar-refractivity contribution in [3.8, 4) is 5.75 Å². The molecule has 0 aliphatic carbocycles. The number of halogens is 1. The van der Waals surface area contributed by atoms with Crippen molar-refractivity contribution in [1.82, 2.24) is 4.98 Å². The standard InChI is InChI=1S/C11H11ClN2OS/c12-9-2-1-3-10(8(9)6-13)15-7-11-14-4-5-16-11/h1-5H,6-7,13H2. The molecule has 3 nitrogen and oxygen atoms in total. The predicted molar refractivity (Wildman–Crippen MR) is 65.8 cm³/mol. The van der Waals surface area contributed by atoms with E-state index in [2.05, 4.69) is 4.98 Å². The zero-order valence-electron chi connectivity index (χ0n) is 8.52. The SMILES string of the molecule is NCc1c(Cl)cccc1OCc1nccs1. The molecule has 0 atom stereocenters. The van der Waals surface area contributed by atoms with E-state index in [9.17, 15) is 0 Å². The minimum Gasteiger partial charge on any atom is -0.486 e. The molecule has 0 fully saturated rings. The first kappa shape index (κ1) is 11.4. The van der Waals surface area contributed by atoms with E-state index in [-0.39, 0.29) is 0 Å². The largest absolute Gasteiger partial charge is 0.486 e. The molecule has 2 aromatic rings. The summed E-state index contributed by atoms with van der Waals surface area (Å²) in [5.74, 6) is 0.727. The molecule has 5 heteroatoms. The zero-order chi connectivity index (χ0) is 11.4. The Labute approximate surface area is 103 Å². The summed E-state index contributed by atoms with van der Waals surface area (Å²) in [6.45, 7) is 0.817. The van der Waals surface area contributed by atoms with Crippen LogP contribution in [0, 0.1) is 0 Å². The Morgan fingerprint density at radius 3 is 3.00 bits per heavy atom. The van der Waals surface area contributed by atoms with Gasteiger partial charge in [0, 0.05) is 28.7 Å². The molecule has 0 saturated carbocycles. The first-order chi connectivity index (χ1) is 7.81. The lowest BCUT2D eigenvalue weighted by atomic mass is 10.2. The van der Waals surface area contributed by atoms with Crippen LogP contribution in [0.25, 0.3) is 0 Å². The third-order valence-corrected chi connectivity index (χ3v) is 3.22. The molecule has 0 unspecified atom stereocenters. The molecule has 2 rings (SSSR count). The second-order valence-corrected chi connectivity index (χ2v) is 4.52. The predicted octanol–water partition coefficient (Wildman–Crippen LogP) is 2.83. The van der Waals surface area contributed by atoms with Gasteiger partial charge in [0.05, 0.1) is 0 Å². The number of nitrogens with two attached hydrogens (primary N) is 1. The number of nitrogens with zero attached hydrogens (tertiary/aromatic N) is 1. The average molecular weight is 255 g/mol. The van der Waals surface area contributed by atoms with E-state index in [4.69, 9.17) is 22.1 Å². The highest BCUT2D eigenvalue weighted by atomic mass is 35.5. The van der Waals surface area contributed by atoms with Crippen molar-refractivity contribution in [2.45, 2.75) is 13.2 Å². The topological polar surface area (TPSA) is 48.1 Å². The second kappa shape index (κ2) is 5.30. The summed E-state index contributed by atoms with van der Waals surface area (Å²) in [5, 5.41) is 3.49. The lowest BCUT2D eigenvalue weighted by molar-refractivity contribution is 0.302. The highest BCUT2D eigenvalue weighted by molar-refractivity contribution is 7.09. The highest BCUT2D eigenvalue weighted by Gasteiger charge is 2.07. The molecule has 0 amide bonds. The first-order valence-corrected chi connectivity index (χ1v) is 6.05. The maximum absolute atomic E-state index is 6.02. The maximum atomic E-state index is 6.02. The van der Waals surface area contributed by atoms with Crippen LogP contribution in [0.5, 0.6) is 5.75 Å². The van der Waals surface area contributed by atoms with E-state index in [0.717, 1.165) is 16.3 Å². The Bertz CT molecular complexity index is 459. The molecule has 1 aromatic carbocycles. The van der Waals surface area contributed by atoms with E-state index in [1.54, 1.807) is 23.6 Å². The lowest BCUT2D eigenvalue weighted by Gasteiger charge is -2.10. The molecular weight excluding hydrogens is 244 g/mol. The van der Waals surface area contributed by atoms with Crippen LogP contribution in [0.3, 0.4) is 0 Å². The van der Waals surface area contributed by atoms with Gasteiger partial charge in [-0.3, -0.25) is 0 Å². The summed E-state index contributed by atoms with van der Waals surface area (Å²) in [6.07, 6.45) is 1.76. The molecule has 0 saturated heterocycles. The highest BCUT2D eigenvalue weighted by Crippen LogP contribution is 2.26. The van der Waals surface area contributed by atoms with Crippen LogP contribution in [-0.4, -0.2) is 4.98 Å². The van der Waals surface area contributed by atoms with Crippen molar-refractivity contribution in [2.75, 3.05) is 0 Å². The minimum atomic E-state index is 0.368. The van der Waals surface area contributed by atoms with E-state index in [1.807, 2.05) is 17.5 Å². The van der Waals surface area contributed by atoms with Gasteiger partial charge in [-0.2, -0.15) is 0 Å². The van der Waals surface area contributed by atoms with Crippen molar-refractivity contribution in [3.05, 3.63) is 45.4 Å². The smallest absolute Gasteiger partial charge is 0.140 e. The molecule has 1 aromatic heterocycles. The summed E-state index contributed by atoms with van der Waals surface area (Å²) in [7, 11) is 0. The van der Waals surface area contributed by atoms with Crippen LogP contribution >= 0.6 is 22.9 Å². The Hall–Kier alpha value is -1.10. The Balaban J connectivity index is 2.12. The fourth-order valence-electron chi connectivity index (χ4n) is 1.34. The molecular formula is C11H11ClN2OS. The molecule has 0 bridgehead atoms. The number of hydrogen-bond donors (Lipinski definition) is 1. The molecule has 0 radical (unpaired) electrons. The average Bonchev–Trinajstić information content (AvgIpc) is 2.79. The zero-order valence-corrected chi connectivity index (χ0v) is 10.1. The van der Waals surface area contributed by atoms with E-state index < -0.39 is 0 Å². The number of thiazole rings is 1. The minimum absolute atomic E-state index is 0.368. The van der Waals surface area contributed by atoms with E-state index in [1.165, 1.54) is 0 Å². The molecule has 2 N–H and O–H groups in total. The lowest BCUT2D eigenvalue weighted by Crippen LogP contribution is -2.03. The van der Waals surface area contributed by atoms with Gasteiger partial charge in [-0.25, -0.2) is 4.98 Å². The van der Waals surface area contributed by atoms with Gasteiger partial charge in [-0.15, -0.1) is 11.3 Å². The molecule has 1 heterocycles. The first-order valence-electron chi connectivity index (χ1n) is 4.80. The number of ether oxygens (including phenoxy) is 1. The van der Waals surface area contributed by atoms with Gasteiger partial charge in [0.15, 0.2) is 0 Å². The third kappa shape index (κ3) is 2.52. The van der Waals surface area contributed by atoms with Crippen LogP contribution in [0.15, 0.2) is 29.8 Å². The van der Waals surface area contributed by atoms with Crippen LogP contribution < -0.4 is 10.5 Å². The Kier molecular flexibility index (Phi) is 3.77. The van der Waals surface area contributed by atoms with Gasteiger partial charge >= 0.3 is 0 Å². The van der Waals surface area contributed by atoms with Crippen LogP contribution in [0.4, 0.5) is 0 Å². The molecule has 0 aliphatic heterocycles. The van der Waals surface area contributed by atoms with E-state index >= 15 is 0 Å². The summed E-state index contributed by atoms with van der Waals surface area (Å²) < 4.78 is 5.64. The fourth-order valence-corrected chi connectivity index (χ4v) is 2.11. The summed E-state index contributed by atoms with van der Waals surface area (Å²) >= 11 is 7.58. The monoisotopic (exact) mass is 254 g/mol. The summed E-state index contributed by atoms with van der Waals surface area (Å²) in [4.78, 5) is 4.14. The van der Waals surface area contributed by atoms with Gasteiger partial charge < -0.3 is 10.5 Å².